The highest BCUT2D eigenvalue weighted by Gasteiger charge is 2.17. The summed E-state index contributed by atoms with van der Waals surface area (Å²) in [4.78, 5) is 3.80. The third-order valence-corrected chi connectivity index (χ3v) is 3.83. The molecule has 0 unspecified atom stereocenters. The molecule has 0 amide bonds. The van der Waals surface area contributed by atoms with Crippen molar-refractivity contribution in [1.82, 2.24) is 19.4 Å². The van der Waals surface area contributed by atoms with E-state index in [9.17, 15) is 8.42 Å². The van der Waals surface area contributed by atoms with E-state index in [2.05, 4.69) is 14.9 Å². The van der Waals surface area contributed by atoms with Gasteiger partial charge in [0.15, 0.2) is 5.03 Å². The van der Waals surface area contributed by atoms with Gasteiger partial charge < -0.3 is 9.09 Å². The Morgan fingerprint density at radius 2 is 2.21 bits per heavy atom. The summed E-state index contributed by atoms with van der Waals surface area (Å²) in [5.74, 6) is 0.945. The largest absolute Gasteiger partial charge is 0.361 e. The lowest BCUT2D eigenvalue weighted by Crippen LogP contribution is -2.23. The molecule has 7 nitrogen and oxygen atoms in total. The second kappa shape index (κ2) is 5.14. The van der Waals surface area contributed by atoms with E-state index < -0.39 is 10.0 Å². The van der Waals surface area contributed by atoms with Crippen molar-refractivity contribution in [3.63, 3.8) is 0 Å². The molecule has 0 aliphatic heterocycles. The predicted molar refractivity (Wildman–Crippen MR) is 67.8 cm³/mol. The summed E-state index contributed by atoms with van der Waals surface area (Å²) in [5, 5.41) is 3.80. The van der Waals surface area contributed by atoms with Crippen LogP contribution in [0.3, 0.4) is 0 Å². The minimum atomic E-state index is -3.61. The summed E-state index contributed by atoms with van der Waals surface area (Å²) in [6.45, 7) is 4.03. The van der Waals surface area contributed by atoms with E-state index >= 15 is 0 Å². The van der Waals surface area contributed by atoms with Crippen LogP contribution < -0.4 is 4.72 Å². The molecular formula is C11H16N4O3S. The maximum absolute atomic E-state index is 11.9. The van der Waals surface area contributed by atoms with E-state index in [0.29, 0.717) is 5.69 Å². The van der Waals surface area contributed by atoms with Gasteiger partial charge in [0.2, 0.25) is 0 Å². The third-order valence-electron chi connectivity index (χ3n) is 2.55. The smallest absolute Gasteiger partial charge is 0.259 e. The highest BCUT2D eigenvalue weighted by atomic mass is 32.2. The number of aryl methyl sites for hydroxylation is 1. The van der Waals surface area contributed by atoms with Gasteiger partial charge in [-0.25, -0.2) is 18.1 Å². The fourth-order valence-corrected chi connectivity index (χ4v) is 2.43. The van der Waals surface area contributed by atoms with Crippen LogP contribution in [0.15, 0.2) is 28.1 Å². The van der Waals surface area contributed by atoms with Crippen LogP contribution in [0.5, 0.6) is 0 Å². The zero-order valence-corrected chi connectivity index (χ0v) is 11.8. The summed E-state index contributed by atoms with van der Waals surface area (Å²) < 4.78 is 32.9. The quantitative estimate of drug-likeness (QED) is 0.885. The van der Waals surface area contributed by atoms with Crippen LogP contribution >= 0.6 is 0 Å². The molecule has 2 aromatic rings. The molecule has 0 spiro atoms. The molecule has 2 aromatic heterocycles. The normalized spacial score (nSPS) is 12.2. The van der Waals surface area contributed by atoms with Gasteiger partial charge in [-0.05, 0) is 0 Å². The highest BCUT2D eigenvalue weighted by Crippen LogP contribution is 2.15. The molecular weight excluding hydrogens is 268 g/mol. The van der Waals surface area contributed by atoms with Crippen LogP contribution in [-0.4, -0.2) is 23.1 Å². The van der Waals surface area contributed by atoms with Crippen molar-refractivity contribution in [2.75, 3.05) is 0 Å². The molecule has 8 heteroatoms. The second-order valence-corrected chi connectivity index (χ2v) is 6.29. The van der Waals surface area contributed by atoms with Crippen LogP contribution in [0.2, 0.25) is 0 Å². The Balaban J connectivity index is 2.05. The van der Waals surface area contributed by atoms with Crippen LogP contribution in [0.4, 0.5) is 0 Å². The van der Waals surface area contributed by atoms with Crippen molar-refractivity contribution in [3.05, 3.63) is 30.0 Å². The van der Waals surface area contributed by atoms with Gasteiger partial charge in [-0.2, -0.15) is 0 Å². The number of hydrogen-bond donors (Lipinski definition) is 1. The van der Waals surface area contributed by atoms with Crippen molar-refractivity contribution < 1.29 is 12.9 Å². The molecule has 0 aliphatic carbocycles. The summed E-state index contributed by atoms with van der Waals surface area (Å²) >= 11 is 0. The molecule has 1 N–H and O–H groups in total. The summed E-state index contributed by atoms with van der Waals surface area (Å²) in [6.07, 6.45) is 2.87. The van der Waals surface area contributed by atoms with E-state index in [1.165, 1.54) is 12.5 Å². The number of imidazole rings is 1. The zero-order chi connectivity index (χ0) is 14.0. The van der Waals surface area contributed by atoms with Gasteiger partial charge in [-0.15, -0.1) is 0 Å². The third kappa shape index (κ3) is 3.21. The Bertz CT molecular complexity index is 657. The Kier molecular flexibility index (Phi) is 3.72. The van der Waals surface area contributed by atoms with E-state index in [1.54, 1.807) is 17.7 Å². The predicted octanol–water partition coefficient (Wildman–Crippen LogP) is 1.01. The SMILES string of the molecule is CC(C)c1cc(CNS(=O)(=O)c2cn(C)cn2)no1. The number of hydrogen-bond acceptors (Lipinski definition) is 5. The van der Waals surface area contributed by atoms with E-state index in [-0.39, 0.29) is 17.5 Å². The van der Waals surface area contributed by atoms with Gasteiger partial charge in [-0.1, -0.05) is 19.0 Å². The minimum absolute atomic E-state index is 0.0115. The van der Waals surface area contributed by atoms with E-state index in [0.717, 1.165) is 5.76 Å². The van der Waals surface area contributed by atoms with Crippen LogP contribution in [0, 0.1) is 0 Å². The minimum Gasteiger partial charge on any atom is -0.361 e. The van der Waals surface area contributed by atoms with Gasteiger partial charge >= 0.3 is 0 Å². The highest BCUT2D eigenvalue weighted by molar-refractivity contribution is 7.89. The molecule has 0 radical (unpaired) electrons. The second-order valence-electron chi connectivity index (χ2n) is 4.58. The Morgan fingerprint density at radius 3 is 2.74 bits per heavy atom. The monoisotopic (exact) mass is 284 g/mol. The summed E-state index contributed by atoms with van der Waals surface area (Å²) in [6, 6.07) is 1.74. The number of rotatable bonds is 5. The first-order chi connectivity index (χ1) is 8.88. The topological polar surface area (TPSA) is 90.0 Å². The maximum atomic E-state index is 11.9. The average molecular weight is 284 g/mol. The number of sulfonamides is 1. The van der Waals surface area contributed by atoms with E-state index in [1.807, 2.05) is 13.8 Å². The van der Waals surface area contributed by atoms with Gasteiger partial charge in [0.25, 0.3) is 10.0 Å². The molecule has 0 fully saturated rings. The van der Waals surface area contributed by atoms with E-state index in [4.69, 9.17) is 4.52 Å². The molecule has 0 atom stereocenters. The molecule has 0 aromatic carbocycles. The molecule has 0 saturated heterocycles. The van der Waals surface area contributed by atoms with Crippen LogP contribution in [-0.2, 0) is 23.6 Å². The standard InChI is InChI=1S/C11H16N4O3S/c1-8(2)10-4-9(14-18-10)5-13-19(16,17)11-6-15(3)7-12-11/h4,6-8,13H,5H2,1-3H3. The molecule has 19 heavy (non-hydrogen) atoms. The zero-order valence-electron chi connectivity index (χ0n) is 11.0. The molecule has 2 rings (SSSR count). The Morgan fingerprint density at radius 1 is 1.47 bits per heavy atom. The molecule has 0 bridgehead atoms. The van der Waals surface area contributed by atoms with Gasteiger partial charge in [0.1, 0.15) is 5.76 Å². The number of aromatic nitrogens is 3. The first kappa shape index (κ1) is 13.8. The van der Waals surface area contributed by atoms with Crippen LogP contribution in [0.25, 0.3) is 0 Å². The lowest BCUT2D eigenvalue weighted by molar-refractivity contribution is 0.365. The Hall–Kier alpha value is -1.67. The number of nitrogens with one attached hydrogen (secondary N) is 1. The van der Waals surface area contributed by atoms with Gasteiger partial charge in [-0.3, -0.25) is 0 Å². The lowest BCUT2D eigenvalue weighted by Gasteiger charge is -2.00. The van der Waals surface area contributed by atoms with Crippen molar-refractivity contribution in [3.8, 4) is 0 Å². The van der Waals surface area contributed by atoms with Crippen LogP contribution in [0.1, 0.15) is 31.2 Å². The fraction of sp³-hybridized carbons (Fsp3) is 0.455. The first-order valence-electron chi connectivity index (χ1n) is 5.81. The fourth-order valence-electron chi connectivity index (χ4n) is 1.45. The van der Waals surface area contributed by atoms with Crippen molar-refractivity contribution in [1.29, 1.82) is 0 Å². The van der Waals surface area contributed by atoms with Crippen molar-refractivity contribution in [2.24, 2.45) is 7.05 Å². The lowest BCUT2D eigenvalue weighted by atomic mass is 10.1. The average Bonchev–Trinajstić information content (AvgIpc) is 2.95. The Labute approximate surface area is 111 Å². The molecule has 2 heterocycles. The van der Waals surface area contributed by atoms with Crippen molar-refractivity contribution in [2.45, 2.75) is 31.3 Å². The summed E-state index contributed by atoms with van der Waals surface area (Å²) in [7, 11) is -1.91. The van der Waals surface area contributed by atoms with Gasteiger partial charge in [0, 0.05) is 25.2 Å². The molecule has 0 aliphatic rings. The maximum Gasteiger partial charge on any atom is 0.259 e. The first-order valence-corrected chi connectivity index (χ1v) is 7.30. The molecule has 0 saturated carbocycles. The molecule has 104 valence electrons. The summed E-state index contributed by atoms with van der Waals surface area (Å²) in [5.41, 5.74) is 0.545. The van der Waals surface area contributed by atoms with Crippen molar-refractivity contribution >= 4 is 10.0 Å². The number of nitrogens with zero attached hydrogens (tertiary/aromatic N) is 3. The van der Waals surface area contributed by atoms with Gasteiger partial charge in [0.05, 0.1) is 18.6 Å².